The van der Waals surface area contributed by atoms with Crippen LogP contribution in [0.3, 0.4) is 0 Å². The van der Waals surface area contributed by atoms with Crippen molar-refractivity contribution in [2.45, 2.75) is 45.4 Å². The molecule has 0 amide bonds. The molecule has 16 heavy (non-hydrogen) atoms. The van der Waals surface area contributed by atoms with Gasteiger partial charge in [-0.2, -0.15) is 0 Å². The summed E-state index contributed by atoms with van der Waals surface area (Å²) in [4.78, 5) is 1.90. The lowest BCUT2D eigenvalue weighted by Crippen LogP contribution is -2.12. The first kappa shape index (κ1) is 14.7. The average Bonchev–Trinajstić information content (AvgIpc) is 2.47. The first-order valence-corrected chi connectivity index (χ1v) is 8.25. The molecule has 1 heterocycles. The molecule has 0 N–H and O–H groups in total. The molecule has 0 aliphatic carbocycles. The Bertz CT molecular complexity index is 325. The Kier molecular flexibility index (Phi) is 5.53. The lowest BCUT2D eigenvalue weighted by Gasteiger charge is -2.24. The van der Waals surface area contributed by atoms with Crippen LogP contribution in [0.2, 0.25) is 0 Å². The summed E-state index contributed by atoms with van der Waals surface area (Å²) >= 11 is 9.23. The Hall–Kier alpha value is 0.660. The minimum absolute atomic E-state index is 0.429. The van der Waals surface area contributed by atoms with E-state index in [0.717, 1.165) is 5.92 Å². The molecule has 0 bridgehead atoms. The van der Waals surface area contributed by atoms with Crippen LogP contribution in [0.5, 0.6) is 0 Å². The van der Waals surface area contributed by atoms with E-state index in [9.17, 15) is 0 Å². The average molecular weight is 368 g/mol. The van der Waals surface area contributed by atoms with Crippen LogP contribution in [0.1, 0.15) is 50.2 Å². The van der Waals surface area contributed by atoms with Gasteiger partial charge in [-0.05, 0) is 51.6 Å². The third kappa shape index (κ3) is 4.89. The van der Waals surface area contributed by atoms with Gasteiger partial charge in [0.1, 0.15) is 0 Å². The Labute approximate surface area is 120 Å². The fraction of sp³-hybridized carbons (Fsp3) is 0.692. The highest BCUT2D eigenvalue weighted by Crippen LogP contribution is 2.40. The molecule has 3 heteroatoms. The molecule has 92 valence electrons. The van der Waals surface area contributed by atoms with Crippen LogP contribution in [0.15, 0.2) is 15.9 Å². The van der Waals surface area contributed by atoms with Gasteiger partial charge in [0.05, 0.1) is 4.83 Å². The fourth-order valence-electron chi connectivity index (χ4n) is 2.12. The third-order valence-corrected chi connectivity index (χ3v) is 5.62. The number of halogens is 2. The molecule has 0 aliphatic heterocycles. The van der Waals surface area contributed by atoms with E-state index in [1.165, 1.54) is 22.2 Å². The molecular weight excluding hydrogens is 348 g/mol. The van der Waals surface area contributed by atoms with Gasteiger partial charge < -0.3 is 0 Å². The summed E-state index contributed by atoms with van der Waals surface area (Å²) in [6, 6.07) is 2.13. The smallest absolute Gasteiger partial charge is 0.0503 e. The molecule has 0 saturated heterocycles. The van der Waals surface area contributed by atoms with Gasteiger partial charge in [0.15, 0.2) is 0 Å². The van der Waals surface area contributed by atoms with Crippen LogP contribution >= 0.6 is 43.2 Å². The summed E-state index contributed by atoms with van der Waals surface area (Å²) in [6.07, 6.45) is 2.48. The largest absolute Gasteiger partial charge is 0.147 e. The number of thiophene rings is 1. The van der Waals surface area contributed by atoms with Gasteiger partial charge in [-0.15, -0.1) is 11.3 Å². The van der Waals surface area contributed by atoms with Gasteiger partial charge in [-0.25, -0.2) is 0 Å². The van der Waals surface area contributed by atoms with Crippen LogP contribution in [0.25, 0.3) is 0 Å². The Morgan fingerprint density at radius 3 is 2.44 bits per heavy atom. The fourth-order valence-corrected chi connectivity index (χ4v) is 5.27. The zero-order valence-corrected chi connectivity index (χ0v) is 14.4. The molecule has 0 nitrogen and oxygen atoms in total. The highest BCUT2D eigenvalue weighted by atomic mass is 79.9. The van der Waals surface area contributed by atoms with Gasteiger partial charge in [0.25, 0.3) is 0 Å². The highest BCUT2D eigenvalue weighted by Gasteiger charge is 2.20. The normalized spacial score (nSPS) is 16.1. The molecular formula is C13H20Br2S. The van der Waals surface area contributed by atoms with E-state index in [-0.39, 0.29) is 0 Å². The van der Waals surface area contributed by atoms with Gasteiger partial charge in [-0.3, -0.25) is 0 Å². The van der Waals surface area contributed by atoms with E-state index in [1.54, 1.807) is 0 Å². The first-order valence-electron chi connectivity index (χ1n) is 5.66. The quantitative estimate of drug-likeness (QED) is 0.539. The van der Waals surface area contributed by atoms with Gasteiger partial charge in [0, 0.05) is 9.35 Å². The van der Waals surface area contributed by atoms with Crippen molar-refractivity contribution in [3.63, 3.8) is 0 Å². The topological polar surface area (TPSA) is 0 Å². The summed E-state index contributed by atoms with van der Waals surface area (Å²) in [5.41, 5.74) is 0.429. The summed E-state index contributed by atoms with van der Waals surface area (Å²) in [5, 5.41) is 2.14. The van der Waals surface area contributed by atoms with E-state index in [2.05, 4.69) is 71.0 Å². The molecule has 2 unspecified atom stereocenters. The Morgan fingerprint density at radius 1 is 1.38 bits per heavy atom. The maximum atomic E-state index is 3.80. The lowest BCUT2D eigenvalue weighted by molar-refractivity contribution is 0.297. The van der Waals surface area contributed by atoms with Gasteiger partial charge in [0.2, 0.25) is 0 Å². The van der Waals surface area contributed by atoms with E-state index < -0.39 is 0 Å². The predicted molar refractivity (Wildman–Crippen MR) is 81.5 cm³/mol. The van der Waals surface area contributed by atoms with Crippen molar-refractivity contribution >= 4 is 43.2 Å². The molecule has 1 aromatic heterocycles. The van der Waals surface area contributed by atoms with E-state index in [4.69, 9.17) is 0 Å². The van der Waals surface area contributed by atoms with Crippen molar-refractivity contribution in [3.8, 4) is 0 Å². The van der Waals surface area contributed by atoms with Crippen LogP contribution in [0, 0.1) is 11.3 Å². The monoisotopic (exact) mass is 366 g/mol. The number of hydrogen-bond donors (Lipinski definition) is 0. The minimum atomic E-state index is 0.429. The van der Waals surface area contributed by atoms with Crippen LogP contribution in [-0.2, 0) is 0 Å². The number of hydrogen-bond acceptors (Lipinski definition) is 1. The van der Waals surface area contributed by atoms with Crippen molar-refractivity contribution in [1.29, 1.82) is 0 Å². The van der Waals surface area contributed by atoms with Gasteiger partial charge in [-0.1, -0.05) is 43.6 Å². The first-order chi connectivity index (χ1) is 7.29. The molecule has 0 aromatic carbocycles. The molecule has 0 saturated carbocycles. The predicted octanol–water partition coefficient (Wildman–Crippen LogP) is 6.41. The molecule has 1 aromatic rings. The Balaban J connectivity index is 2.52. The standard InChI is InChI=1S/C13H20Br2S/c1-9(8-13(2,3)4)7-11(15)12-10(14)5-6-16-12/h5-6,9,11H,7-8H2,1-4H3. The second kappa shape index (κ2) is 6.01. The van der Waals surface area contributed by atoms with Crippen molar-refractivity contribution < 1.29 is 0 Å². The van der Waals surface area contributed by atoms with Crippen LogP contribution < -0.4 is 0 Å². The zero-order valence-electron chi connectivity index (χ0n) is 10.4. The summed E-state index contributed by atoms with van der Waals surface area (Å²) in [5.74, 6) is 0.748. The van der Waals surface area contributed by atoms with Crippen molar-refractivity contribution in [2.75, 3.05) is 0 Å². The number of rotatable bonds is 4. The summed E-state index contributed by atoms with van der Waals surface area (Å²) in [6.45, 7) is 9.29. The minimum Gasteiger partial charge on any atom is -0.147 e. The second-order valence-corrected chi connectivity index (χ2v) is 8.61. The summed E-state index contributed by atoms with van der Waals surface area (Å²) < 4.78 is 1.24. The lowest BCUT2D eigenvalue weighted by atomic mass is 9.83. The highest BCUT2D eigenvalue weighted by molar-refractivity contribution is 9.11. The summed E-state index contributed by atoms with van der Waals surface area (Å²) in [7, 11) is 0. The molecule has 0 aliphatic rings. The van der Waals surface area contributed by atoms with Gasteiger partial charge >= 0.3 is 0 Å². The second-order valence-electron chi connectivity index (χ2n) is 5.71. The zero-order chi connectivity index (χ0) is 12.3. The molecule has 1 rings (SSSR count). The molecule has 2 atom stereocenters. The molecule has 0 fully saturated rings. The van der Waals surface area contributed by atoms with Crippen LogP contribution in [0.4, 0.5) is 0 Å². The van der Waals surface area contributed by atoms with E-state index in [1.807, 2.05) is 11.3 Å². The third-order valence-electron chi connectivity index (χ3n) is 2.50. The van der Waals surface area contributed by atoms with Crippen molar-refractivity contribution in [2.24, 2.45) is 11.3 Å². The SMILES string of the molecule is CC(CC(Br)c1sccc1Br)CC(C)(C)C. The van der Waals surface area contributed by atoms with Crippen molar-refractivity contribution in [1.82, 2.24) is 0 Å². The van der Waals surface area contributed by atoms with E-state index in [0.29, 0.717) is 10.2 Å². The molecule has 0 radical (unpaired) electrons. The van der Waals surface area contributed by atoms with Crippen LogP contribution in [-0.4, -0.2) is 0 Å². The maximum absolute atomic E-state index is 3.80. The van der Waals surface area contributed by atoms with Crippen molar-refractivity contribution in [3.05, 3.63) is 20.8 Å². The Morgan fingerprint density at radius 2 is 2.00 bits per heavy atom. The maximum Gasteiger partial charge on any atom is 0.0503 e. The van der Waals surface area contributed by atoms with E-state index >= 15 is 0 Å². The number of alkyl halides is 1. The molecule has 0 spiro atoms.